The van der Waals surface area contributed by atoms with Gasteiger partial charge in [-0.25, -0.2) is 0 Å². The molecule has 0 aliphatic carbocycles. The number of para-hydroxylation sites is 1. The second-order valence-electron chi connectivity index (χ2n) is 5.65. The van der Waals surface area contributed by atoms with Crippen LogP contribution in [0.1, 0.15) is 24.3 Å². The molecule has 24 heavy (non-hydrogen) atoms. The molecule has 0 saturated carbocycles. The average molecular weight is 329 g/mol. The lowest BCUT2D eigenvalue weighted by Gasteiger charge is -2.29. The maximum atomic E-state index is 12.9. The Morgan fingerprint density at radius 3 is 2.50 bits per heavy atom. The first-order valence-corrected chi connectivity index (χ1v) is 8.04. The fourth-order valence-corrected chi connectivity index (χ4v) is 3.22. The first kappa shape index (κ1) is 16.2. The normalized spacial score (nSPS) is 19.8. The van der Waals surface area contributed by atoms with E-state index in [1.165, 1.54) is 0 Å². The van der Waals surface area contributed by atoms with Crippen molar-refractivity contribution >= 4 is 28.6 Å². The van der Waals surface area contributed by atoms with E-state index in [4.69, 9.17) is 9.47 Å². The molecule has 0 spiro atoms. The number of fused-ring (bicyclic) bond motifs is 3. The van der Waals surface area contributed by atoms with Crippen LogP contribution >= 0.6 is 0 Å². The summed E-state index contributed by atoms with van der Waals surface area (Å²) in [6.45, 7) is 3.93. The van der Waals surface area contributed by atoms with E-state index in [2.05, 4.69) is 0 Å². The second-order valence-corrected chi connectivity index (χ2v) is 5.65. The largest absolute Gasteiger partial charge is 0.466 e. The molecule has 0 amide bonds. The summed E-state index contributed by atoms with van der Waals surface area (Å²) in [4.78, 5) is 37.5. The van der Waals surface area contributed by atoms with Crippen molar-refractivity contribution in [3.05, 3.63) is 36.0 Å². The number of ketones is 1. The zero-order valence-corrected chi connectivity index (χ0v) is 13.7. The van der Waals surface area contributed by atoms with Crippen LogP contribution in [0.15, 0.2) is 30.3 Å². The van der Waals surface area contributed by atoms with Crippen LogP contribution in [0.5, 0.6) is 0 Å². The van der Waals surface area contributed by atoms with E-state index in [0.717, 1.165) is 10.9 Å². The minimum Gasteiger partial charge on any atom is -0.466 e. The number of benzene rings is 1. The molecule has 0 bridgehead atoms. The molecule has 2 heterocycles. The quantitative estimate of drug-likeness (QED) is 0.635. The summed E-state index contributed by atoms with van der Waals surface area (Å²) in [5.41, 5.74) is 1.28. The molecule has 126 valence electrons. The van der Waals surface area contributed by atoms with Gasteiger partial charge in [0.2, 0.25) is 0 Å². The first-order chi connectivity index (χ1) is 11.6. The zero-order valence-electron chi connectivity index (χ0n) is 13.7. The van der Waals surface area contributed by atoms with Gasteiger partial charge < -0.3 is 14.0 Å². The van der Waals surface area contributed by atoms with Crippen molar-refractivity contribution in [1.29, 1.82) is 0 Å². The van der Waals surface area contributed by atoms with Crippen molar-refractivity contribution in [2.24, 2.45) is 11.8 Å². The Hall–Kier alpha value is -2.63. The minimum absolute atomic E-state index is 0.154. The molecular weight excluding hydrogens is 310 g/mol. The Kier molecular flexibility index (Phi) is 4.38. The molecule has 2 aromatic rings. The van der Waals surface area contributed by atoms with E-state index in [-0.39, 0.29) is 19.8 Å². The predicted octanol–water partition coefficient (Wildman–Crippen LogP) is 2.20. The number of rotatable bonds is 4. The summed E-state index contributed by atoms with van der Waals surface area (Å²) in [5, 5.41) is 0.896. The van der Waals surface area contributed by atoms with Gasteiger partial charge in [-0.1, -0.05) is 18.2 Å². The Morgan fingerprint density at radius 1 is 1.12 bits per heavy atom. The van der Waals surface area contributed by atoms with Gasteiger partial charge in [0, 0.05) is 17.4 Å². The Balaban J connectivity index is 2.09. The van der Waals surface area contributed by atoms with Crippen LogP contribution in [-0.4, -0.2) is 35.5 Å². The molecule has 1 aromatic carbocycles. The summed E-state index contributed by atoms with van der Waals surface area (Å²) >= 11 is 0. The fraction of sp³-hybridized carbons (Fsp3) is 0.389. The van der Waals surface area contributed by atoms with Crippen molar-refractivity contribution < 1.29 is 23.9 Å². The van der Waals surface area contributed by atoms with Gasteiger partial charge in [0.05, 0.1) is 24.8 Å². The number of hydrogen-bond donors (Lipinski definition) is 0. The van der Waals surface area contributed by atoms with Crippen molar-refractivity contribution in [3.8, 4) is 0 Å². The molecule has 2 atom stereocenters. The van der Waals surface area contributed by atoms with Gasteiger partial charge in [0.25, 0.3) is 0 Å². The number of hydrogen-bond acceptors (Lipinski definition) is 5. The van der Waals surface area contributed by atoms with E-state index in [1.54, 1.807) is 24.5 Å². The van der Waals surface area contributed by atoms with Crippen molar-refractivity contribution in [2.75, 3.05) is 13.2 Å². The van der Waals surface area contributed by atoms with E-state index >= 15 is 0 Å². The Morgan fingerprint density at radius 2 is 1.79 bits per heavy atom. The average Bonchev–Trinajstić information content (AvgIpc) is 2.94. The van der Waals surface area contributed by atoms with E-state index in [1.807, 2.05) is 24.3 Å². The Bertz CT molecular complexity index is 807. The lowest BCUT2D eigenvalue weighted by molar-refractivity contribution is -0.159. The van der Waals surface area contributed by atoms with Crippen LogP contribution in [0.2, 0.25) is 0 Å². The fourth-order valence-electron chi connectivity index (χ4n) is 3.22. The van der Waals surface area contributed by atoms with Crippen LogP contribution in [0, 0.1) is 11.8 Å². The zero-order chi connectivity index (χ0) is 17.3. The molecule has 1 aliphatic heterocycles. The van der Waals surface area contributed by atoms with Gasteiger partial charge in [0.1, 0.15) is 5.92 Å². The van der Waals surface area contributed by atoms with Crippen molar-refractivity contribution in [2.45, 2.75) is 20.4 Å². The third-order valence-corrected chi connectivity index (χ3v) is 4.26. The van der Waals surface area contributed by atoms with Crippen LogP contribution in [0.4, 0.5) is 0 Å². The molecule has 6 nitrogen and oxygen atoms in total. The third kappa shape index (κ3) is 2.58. The van der Waals surface area contributed by atoms with Gasteiger partial charge in [-0.2, -0.15) is 0 Å². The molecule has 6 heteroatoms. The summed E-state index contributed by atoms with van der Waals surface area (Å²) in [7, 11) is 0. The predicted molar refractivity (Wildman–Crippen MR) is 86.5 cm³/mol. The van der Waals surface area contributed by atoms with Gasteiger partial charge in [-0.15, -0.1) is 0 Å². The number of carbonyl (C=O) groups excluding carboxylic acids is 3. The van der Waals surface area contributed by atoms with Gasteiger partial charge in [-0.3, -0.25) is 14.4 Å². The standard InChI is InChI=1S/C18H19NO5/c1-3-23-17(21)12-10-19-13-8-6-5-7-11(13)9-14(19)16(20)15(12)18(22)24-4-2/h5-9,12,15H,3-4,10H2,1-2H3. The van der Waals surface area contributed by atoms with Crippen LogP contribution in [0.3, 0.4) is 0 Å². The Labute approximate surface area is 139 Å². The van der Waals surface area contributed by atoms with E-state index < -0.39 is 29.6 Å². The molecular formula is C18H19NO5. The molecule has 1 aliphatic rings. The van der Waals surface area contributed by atoms with Gasteiger partial charge >= 0.3 is 11.9 Å². The summed E-state index contributed by atoms with van der Waals surface area (Å²) in [6, 6.07) is 9.29. The van der Waals surface area contributed by atoms with Crippen molar-refractivity contribution in [3.63, 3.8) is 0 Å². The third-order valence-electron chi connectivity index (χ3n) is 4.26. The smallest absolute Gasteiger partial charge is 0.317 e. The highest BCUT2D eigenvalue weighted by molar-refractivity contribution is 6.13. The molecule has 0 fully saturated rings. The lowest BCUT2D eigenvalue weighted by Crippen LogP contribution is -2.44. The first-order valence-electron chi connectivity index (χ1n) is 8.04. The van der Waals surface area contributed by atoms with Gasteiger partial charge in [-0.05, 0) is 26.0 Å². The number of Topliss-reactive ketones (excluding diaryl/α,β-unsaturated/α-hetero) is 1. The molecule has 2 unspecified atom stereocenters. The van der Waals surface area contributed by atoms with E-state index in [9.17, 15) is 14.4 Å². The minimum atomic E-state index is -1.15. The van der Waals surface area contributed by atoms with Crippen LogP contribution in [0.25, 0.3) is 10.9 Å². The summed E-state index contributed by atoms with van der Waals surface area (Å²) in [5.74, 6) is -3.64. The SMILES string of the molecule is CCOC(=O)C1Cn2c(cc3ccccc32)C(=O)C1C(=O)OCC. The second kappa shape index (κ2) is 6.47. The van der Waals surface area contributed by atoms with E-state index in [0.29, 0.717) is 5.69 Å². The van der Waals surface area contributed by atoms with Gasteiger partial charge in [0.15, 0.2) is 5.78 Å². The molecule has 0 N–H and O–H groups in total. The molecule has 0 saturated heterocycles. The summed E-state index contributed by atoms with van der Waals surface area (Å²) in [6.07, 6.45) is 0. The van der Waals surface area contributed by atoms with Crippen LogP contribution < -0.4 is 0 Å². The number of ether oxygens (including phenoxy) is 2. The molecule has 3 rings (SSSR count). The number of carbonyl (C=O) groups is 3. The monoisotopic (exact) mass is 329 g/mol. The molecule has 0 radical (unpaired) electrons. The van der Waals surface area contributed by atoms with Crippen molar-refractivity contribution in [1.82, 2.24) is 4.57 Å². The maximum Gasteiger partial charge on any atom is 0.317 e. The number of nitrogens with zero attached hydrogens (tertiary/aromatic N) is 1. The van der Waals surface area contributed by atoms with Crippen LogP contribution in [-0.2, 0) is 25.6 Å². The topological polar surface area (TPSA) is 74.6 Å². The maximum absolute atomic E-state index is 12.9. The molecule has 1 aromatic heterocycles. The lowest BCUT2D eigenvalue weighted by atomic mass is 9.84. The summed E-state index contributed by atoms with van der Waals surface area (Å²) < 4.78 is 11.9. The highest BCUT2D eigenvalue weighted by Gasteiger charge is 2.46. The number of esters is 2. The highest BCUT2D eigenvalue weighted by Crippen LogP contribution is 2.33. The number of aromatic nitrogens is 1. The highest BCUT2D eigenvalue weighted by atomic mass is 16.5.